The van der Waals surface area contributed by atoms with Crippen molar-refractivity contribution in [2.24, 2.45) is 0 Å². The summed E-state index contributed by atoms with van der Waals surface area (Å²) in [6, 6.07) is 14.8. The first-order valence-electron chi connectivity index (χ1n) is 7.18. The summed E-state index contributed by atoms with van der Waals surface area (Å²) in [7, 11) is 0. The highest BCUT2D eigenvalue weighted by Gasteiger charge is 2.20. The number of nitrogens with zero attached hydrogens (tertiary/aromatic N) is 3. The molecule has 1 aromatic carbocycles. The maximum absolute atomic E-state index is 9.69. The van der Waals surface area contributed by atoms with Crippen molar-refractivity contribution >= 4 is 29.2 Å². The summed E-state index contributed by atoms with van der Waals surface area (Å²) in [5.74, 6) is 1.33. The van der Waals surface area contributed by atoms with Crippen molar-refractivity contribution < 1.29 is 4.42 Å². The fourth-order valence-corrected chi connectivity index (χ4v) is 3.46. The quantitative estimate of drug-likeness (QED) is 0.676. The average Bonchev–Trinajstić information content (AvgIpc) is 3.12. The van der Waals surface area contributed by atoms with E-state index in [9.17, 15) is 10.5 Å². The molecule has 0 spiro atoms. The average molecular weight is 367 g/mol. The van der Waals surface area contributed by atoms with E-state index < -0.39 is 0 Å². The number of nitrogen functional groups attached to an aromatic ring is 1. The van der Waals surface area contributed by atoms with Gasteiger partial charge in [0.2, 0.25) is 0 Å². The highest BCUT2D eigenvalue weighted by Crippen LogP contribution is 2.37. The summed E-state index contributed by atoms with van der Waals surface area (Å²) in [4.78, 5) is 4.24. The lowest BCUT2D eigenvalue weighted by atomic mass is 9.97. The molecular formula is C18H11ClN4OS. The second-order valence-corrected chi connectivity index (χ2v) is 6.43. The normalized spacial score (nSPS) is 10.2. The molecule has 3 rings (SSSR count). The molecule has 7 heteroatoms. The molecule has 0 aliphatic rings. The third-order valence-electron chi connectivity index (χ3n) is 3.46. The van der Waals surface area contributed by atoms with Crippen molar-refractivity contribution in [2.75, 3.05) is 5.73 Å². The highest BCUT2D eigenvalue weighted by molar-refractivity contribution is 7.98. The Morgan fingerprint density at radius 1 is 1.16 bits per heavy atom. The van der Waals surface area contributed by atoms with Crippen LogP contribution in [0.3, 0.4) is 0 Å². The Balaban J connectivity index is 2.15. The van der Waals surface area contributed by atoms with Crippen LogP contribution in [0.15, 0.2) is 52.1 Å². The molecule has 2 heterocycles. The zero-order chi connectivity index (χ0) is 17.8. The molecule has 25 heavy (non-hydrogen) atoms. The molecule has 3 aromatic rings. The van der Waals surface area contributed by atoms with Crippen molar-refractivity contribution in [2.45, 2.75) is 10.8 Å². The predicted octanol–water partition coefficient (Wildman–Crippen LogP) is 4.61. The Kier molecular flexibility index (Phi) is 4.95. The standard InChI is InChI=1S/C18H11ClN4OS/c19-12-4-1-3-11(7-12)16-14(8-20)17(22)23-18(15(16)9-21)25-10-13-5-2-6-24-13/h1-7H,10H2,(H2,22,23). The summed E-state index contributed by atoms with van der Waals surface area (Å²) in [5, 5.41) is 20.1. The summed E-state index contributed by atoms with van der Waals surface area (Å²) in [5.41, 5.74) is 7.53. The fraction of sp³-hybridized carbons (Fsp3) is 0.0556. The molecule has 0 fully saturated rings. The number of halogens is 1. The summed E-state index contributed by atoms with van der Waals surface area (Å²) >= 11 is 7.39. The SMILES string of the molecule is N#Cc1c(N)nc(SCc2ccco2)c(C#N)c1-c1cccc(Cl)c1. The molecule has 2 N–H and O–H groups in total. The fourth-order valence-electron chi connectivity index (χ4n) is 2.37. The molecule has 0 bridgehead atoms. The van der Waals surface area contributed by atoms with E-state index in [4.69, 9.17) is 21.8 Å². The highest BCUT2D eigenvalue weighted by atomic mass is 35.5. The maximum atomic E-state index is 9.69. The van der Waals surface area contributed by atoms with Crippen LogP contribution in [0.4, 0.5) is 5.82 Å². The van der Waals surface area contributed by atoms with Gasteiger partial charge in [0.15, 0.2) is 0 Å². The molecule has 122 valence electrons. The van der Waals surface area contributed by atoms with Gasteiger partial charge in [-0.3, -0.25) is 0 Å². The number of nitrogens with two attached hydrogens (primary N) is 1. The van der Waals surface area contributed by atoms with Crippen molar-refractivity contribution in [1.82, 2.24) is 4.98 Å². The lowest BCUT2D eigenvalue weighted by molar-refractivity contribution is 0.530. The monoisotopic (exact) mass is 366 g/mol. The molecule has 0 unspecified atom stereocenters. The van der Waals surface area contributed by atoms with E-state index in [1.165, 1.54) is 11.8 Å². The number of pyridine rings is 1. The van der Waals surface area contributed by atoms with E-state index in [0.29, 0.717) is 32.5 Å². The molecule has 0 atom stereocenters. The van der Waals surface area contributed by atoms with Gasteiger partial charge < -0.3 is 10.2 Å². The van der Waals surface area contributed by atoms with Crippen molar-refractivity contribution in [3.8, 4) is 23.3 Å². The molecule has 0 radical (unpaired) electrons. The van der Waals surface area contributed by atoms with E-state index in [-0.39, 0.29) is 11.4 Å². The van der Waals surface area contributed by atoms with Gasteiger partial charge in [0.25, 0.3) is 0 Å². The van der Waals surface area contributed by atoms with Crippen LogP contribution in [-0.4, -0.2) is 4.98 Å². The molecule has 0 saturated heterocycles. The second kappa shape index (κ2) is 7.31. The van der Waals surface area contributed by atoms with Gasteiger partial charge in [-0.25, -0.2) is 4.98 Å². The van der Waals surface area contributed by atoms with E-state index in [1.54, 1.807) is 36.6 Å². The Hall–Kier alpha value is -2.93. The largest absolute Gasteiger partial charge is 0.468 e. The van der Waals surface area contributed by atoms with Crippen LogP contribution in [-0.2, 0) is 5.75 Å². The van der Waals surface area contributed by atoms with Crippen LogP contribution in [0.2, 0.25) is 5.02 Å². The Morgan fingerprint density at radius 2 is 1.96 bits per heavy atom. The van der Waals surface area contributed by atoms with Gasteiger partial charge in [0, 0.05) is 10.6 Å². The number of anilines is 1. The van der Waals surface area contributed by atoms with Gasteiger partial charge in [-0.15, -0.1) is 0 Å². The second-order valence-electron chi connectivity index (χ2n) is 5.03. The van der Waals surface area contributed by atoms with Gasteiger partial charge in [-0.2, -0.15) is 10.5 Å². The van der Waals surface area contributed by atoms with Gasteiger partial charge in [0.1, 0.15) is 34.3 Å². The topological polar surface area (TPSA) is 99.6 Å². The number of nitriles is 2. The summed E-state index contributed by atoms with van der Waals surface area (Å²) < 4.78 is 5.30. The van der Waals surface area contributed by atoms with Gasteiger partial charge in [0.05, 0.1) is 17.6 Å². The minimum absolute atomic E-state index is 0.0819. The van der Waals surface area contributed by atoms with E-state index >= 15 is 0 Å². The molecule has 5 nitrogen and oxygen atoms in total. The van der Waals surface area contributed by atoms with E-state index in [1.807, 2.05) is 12.1 Å². The zero-order valence-electron chi connectivity index (χ0n) is 12.9. The van der Waals surface area contributed by atoms with Gasteiger partial charge in [-0.1, -0.05) is 35.5 Å². The number of hydrogen-bond acceptors (Lipinski definition) is 6. The number of furan rings is 1. The first-order valence-corrected chi connectivity index (χ1v) is 8.55. The minimum Gasteiger partial charge on any atom is -0.468 e. The third-order valence-corrected chi connectivity index (χ3v) is 4.69. The van der Waals surface area contributed by atoms with Crippen molar-refractivity contribution in [3.63, 3.8) is 0 Å². The predicted molar refractivity (Wildman–Crippen MR) is 96.8 cm³/mol. The Bertz CT molecular complexity index is 1000. The number of benzene rings is 1. The number of rotatable bonds is 4. The van der Waals surface area contributed by atoms with Crippen molar-refractivity contribution in [1.29, 1.82) is 10.5 Å². The summed E-state index contributed by atoms with van der Waals surface area (Å²) in [6.45, 7) is 0. The summed E-state index contributed by atoms with van der Waals surface area (Å²) in [6.07, 6.45) is 1.58. The molecule has 0 saturated carbocycles. The van der Waals surface area contributed by atoms with E-state index in [2.05, 4.69) is 11.1 Å². The van der Waals surface area contributed by atoms with Gasteiger partial charge in [-0.05, 0) is 29.8 Å². The molecule has 2 aromatic heterocycles. The minimum atomic E-state index is 0.0819. The van der Waals surface area contributed by atoms with Crippen LogP contribution >= 0.6 is 23.4 Å². The molecule has 0 aliphatic heterocycles. The first kappa shape index (κ1) is 16.9. The number of aromatic nitrogens is 1. The Labute approximate surface area is 153 Å². The van der Waals surface area contributed by atoms with Crippen LogP contribution in [0.1, 0.15) is 16.9 Å². The lowest BCUT2D eigenvalue weighted by Gasteiger charge is -2.12. The molecule has 0 amide bonds. The van der Waals surface area contributed by atoms with Crippen LogP contribution in [0, 0.1) is 22.7 Å². The van der Waals surface area contributed by atoms with Crippen LogP contribution in [0.25, 0.3) is 11.1 Å². The zero-order valence-corrected chi connectivity index (χ0v) is 14.4. The number of hydrogen-bond donors (Lipinski definition) is 1. The lowest BCUT2D eigenvalue weighted by Crippen LogP contribution is -2.03. The first-order chi connectivity index (χ1) is 12.1. The third kappa shape index (κ3) is 3.46. The molecule has 0 aliphatic carbocycles. The molecular weight excluding hydrogens is 356 g/mol. The smallest absolute Gasteiger partial charge is 0.143 e. The number of thioether (sulfide) groups is 1. The Morgan fingerprint density at radius 3 is 2.60 bits per heavy atom. The van der Waals surface area contributed by atoms with Crippen LogP contribution in [0.5, 0.6) is 0 Å². The van der Waals surface area contributed by atoms with Crippen molar-refractivity contribution in [3.05, 3.63) is 64.6 Å². The van der Waals surface area contributed by atoms with Gasteiger partial charge >= 0.3 is 0 Å². The van der Waals surface area contributed by atoms with E-state index in [0.717, 1.165) is 5.76 Å². The maximum Gasteiger partial charge on any atom is 0.143 e. The van der Waals surface area contributed by atoms with Crippen LogP contribution < -0.4 is 5.73 Å².